The van der Waals surface area contributed by atoms with Gasteiger partial charge in [-0.25, -0.2) is 0 Å². The molecule has 6 aromatic rings. The fourth-order valence-electron chi connectivity index (χ4n) is 13.1. The summed E-state index contributed by atoms with van der Waals surface area (Å²) in [6.45, 7) is 42.1. The van der Waals surface area contributed by atoms with Gasteiger partial charge in [0.1, 0.15) is 28.3 Å². The molecule has 0 spiro atoms. The number of halogens is 1. The zero-order valence-electron chi connectivity index (χ0n) is 74.6. The summed E-state index contributed by atoms with van der Waals surface area (Å²) in [5.41, 5.74) is 3.54. The van der Waals surface area contributed by atoms with Gasteiger partial charge in [-0.05, 0) is 156 Å². The molecule has 8 rings (SSSR count). The summed E-state index contributed by atoms with van der Waals surface area (Å²) in [7, 11) is 0. The first-order chi connectivity index (χ1) is 58.2. The van der Waals surface area contributed by atoms with E-state index in [2.05, 4.69) is 95.7 Å². The monoisotopic (exact) mass is 1710 g/mol. The molecule has 2 fully saturated rings. The van der Waals surface area contributed by atoms with E-state index in [0.717, 1.165) is 86.5 Å². The Morgan fingerprint density at radius 1 is 0.328 bits per heavy atom. The number of hydrogen-bond donors (Lipinski definition) is 5. The van der Waals surface area contributed by atoms with E-state index in [1.54, 1.807) is 37.2 Å². The fraction of sp³-hybridized carbons (Fsp3) is 0.589. The Morgan fingerprint density at radius 3 is 0.811 bits per heavy atom. The Labute approximate surface area is 729 Å². The van der Waals surface area contributed by atoms with Crippen molar-refractivity contribution >= 4 is 53.2 Å². The number of alkyl halides is 1. The average Bonchev–Trinajstić information content (AvgIpc) is 0.891. The van der Waals surface area contributed by atoms with Crippen LogP contribution in [0.1, 0.15) is 130 Å². The summed E-state index contributed by atoms with van der Waals surface area (Å²) in [5, 5.41) is 16.0. The molecule has 0 unspecified atom stereocenters. The number of pyridine rings is 6. The third-order valence-corrected chi connectivity index (χ3v) is 19.0. The van der Waals surface area contributed by atoms with E-state index in [1.807, 2.05) is 197 Å². The summed E-state index contributed by atoms with van der Waals surface area (Å²) in [5.74, 6) is -1.35. The molecular formula is C90H139ClN20O11. The lowest BCUT2D eigenvalue weighted by Gasteiger charge is -2.34. The molecule has 31 nitrogen and oxygen atoms in total. The Morgan fingerprint density at radius 2 is 0.557 bits per heavy atom. The molecule has 0 aliphatic carbocycles. The quantitative estimate of drug-likeness (QED) is 0.0166. The summed E-state index contributed by atoms with van der Waals surface area (Å²) >= 11 is 5.48. The second kappa shape index (κ2) is 56.0. The number of rotatable bonds is 36. The van der Waals surface area contributed by atoms with Gasteiger partial charge in [0, 0.05) is 234 Å². The first-order valence-electron chi connectivity index (χ1n) is 42.8. The van der Waals surface area contributed by atoms with E-state index in [4.69, 9.17) is 30.5 Å². The number of carbonyl (C=O) groups is 7. The van der Waals surface area contributed by atoms with Crippen LogP contribution in [0.15, 0.2) is 146 Å². The second-order valence-electron chi connectivity index (χ2n) is 34.4. The lowest BCUT2D eigenvalue weighted by atomic mass is 10.2. The van der Waals surface area contributed by atoms with Crippen LogP contribution >= 0.6 is 11.6 Å². The number of aromatic nitrogens is 6. The van der Waals surface area contributed by atoms with Gasteiger partial charge in [0.25, 0.3) is 0 Å². The number of nitrogens with zero attached hydrogens (tertiary/aromatic N) is 15. The highest BCUT2D eigenvalue weighted by atomic mass is 35.5. The maximum absolute atomic E-state index is 13.7. The van der Waals surface area contributed by atoms with Gasteiger partial charge < -0.3 is 55.3 Å². The van der Waals surface area contributed by atoms with Crippen molar-refractivity contribution in [3.63, 3.8) is 0 Å². The van der Waals surface area contributed by atoms with E-state index in [-0.39, 0.29) is 73.5 Å². The molecule has 0 aromatic carbocycles. The molecule has 2 aliphatic rings. The number of nitrogens with one attached hydrogen (secondary N) is 5. The fourth-order valence-corrected chi connectivity index (χ4v) is 13.2. The zero-order chi connectivity index (χ0) is 88.4. The van der Waals surface area contributed by atoms with Crippen LogP contribution in [-0.4, -0.2) is 327 Å². The summed E-state index contributed by atoms with van der Waals surface area (Å²) < 4.78 is 22.3. The first kappa shape index (κ1) is 102. The van der Waals surface area contributed by atoms with Crippen molar-refractivity contribution in [1.29, 1.82) is 0 Å². The lowest BCUT2D eigenvalue weighted by molar-refractivity contribution is -0.157. The molecule has 32 heteroatoms. The Kier molecular flexibility index (Phi) is 46.8. The Balaban J connectivity index is 0.000000365. The van der Waals surface area contributed by atoms with Crippen molar-refractivity contribution in [2.45, 2.75) is 158 Å². The van der Waals surface area contributed by atoms with E-state index in [1.165, 1.54) is 0 Å². The third kappa shape index (κ3) is 49.4. The average molecular weight is 1710 g/mol. The highest BCUT2D eigenvalue weighted by Crippen LogP contribution is 2.16. The highest BCUT2D eigenvalue weighted by Gasteiger charge is 2.27. The van der Waals surface area contributed by atoms with Crippen LogP contribution in [0.3, 0.4) is 0 Å². The van der Waals surface area contributed by atoms with Crippen LogP contribution in [0, 0.1) is 0 Å². The van der Waals surface area contributed by atoms with Crippen LogP contribution < -0.4 is 26.6 Å². The van der Waals surface area contributed by atoms with Gasteiger partial charge in [0.2, 0.25) is 17.7 Å². The number of hydrogen-bond acceptors (Lipinski definition) is 28. The smallest absolute Gasteiger partial charge is 0.320 e. The molecule has 8 heterocycles. The van der Waals surface area contributed by atoms with Gasteiger partial charge in [-0.1, -0.05) is 36.4 Å². The number of amides is 3. The van der Waals surface area contributed by atoms with Crippen LogP contribution in [-0.2, 0) is 91.8 Å². The molecule has 2 saturated heterocycles. The molecule has 672 valence electrons. The maximum atomic E-state index is 13.7. The molecule has 3 amide bonds. The number of carbonyl (C=O) groups excluding carboxylic acids is 7. The molecule has 122 heavy (non-hydrogen) atoms. The van der Waals surface area contributed by atoms with Crippen molar-refractivity contribution in [3.05, 3.63) is 181 Å². The maximum Gasteiger partial charge on any atom is 0.320 e. The van der Waals surface area contributed by atoms with Crippen LogP contribution in [0.2, 0.25) is 0 Å². The van der Waals surface area contributed by atoms with Crippen molar-refractivity contribution in [2.24, 2.45) is 0 Å². The SMILES string of the molecule is CC(C)(C)OC(=O)CCN1CCN(CC(=O)NCCN(Cc2ccccn2)Cc2ccccn2)CCN(CC(=O)OC(C)(C)C)CCN(CC(=O)NCCN(Cc2ccccn2)Cc2ccccn2)CC1.CC(C)(C)OC(=O)CCN1CCNCCN(CC(=O)OC(C)(C)C)CCNCC1.O=C(CCl)NCCN(Cc1ccccn1)Cc1ccccn1. The molecule has 5 N–H and O–H groups in total. The van der Waals surface area contributed by atoms with Gasteiger partial charge in [0.05, 0.1) is 73.2 Å². The van der Waals surface area contributed by atoms with Crippen LogP contribution in [0.25, 0.3) is 0 Å². The molecule has 6 aromatic heterocycles. The molecule has 0 atom stereocenters. The van der Waals surface area contributed by atoms with Crippen molar-refractivity contribution in [3.8, 4) is 0 Å². The van der Waals surface area contributed by atoms with Gasteiger partial charge in [-0.15, -0.1) is 11.6 Å². The normalized spacial score (nSPS) is 15.3. The number of esters is 4. The molecular weight excluding hydrogens is 1570 g/mol. The summed E-state index contributed by atoms with van der Waals surface area (Å²) in [4.78, 5) is 135. The predicted octanol–water partition coefficient (Wildman–Crippen LogP) is 6.19. The van der Waals surface area contributed by atoms with E-state index < -0.39 is 22.4 Å². The minimum Gasteiger partial charge on any atom is -0.460 e. The topological polar surface area (TPSA) is 323 Å². The van der Waals surface area contributed by atoms with E-state index >= 15 is 0 Å². The lowest BCUT2D eigenvalue weighted by Crippen LogP contribution is -2.50. The van der Waals surface area contributed by atoms with Gasteiger partial charge >= 0.3 is 23.9 Å². The van der Waals surface area contributed by atoms with Gasteiger partial charge in [-0.3, -0.25) is 97.8 Å². The largest absolute Gasteiger partial charge is 0.460 e. The molecule has 2 aliphatic heterocycles. The summed E-state index contributed by atoms with van der Waals surface area (Å²) in [6.07, 6.45) is 11.3. The number of ether oxygens (including phenoxy) is 4. The van der Waals surface area contributed by atoms with E-state index in [9.17, 15) is 33.6 Å². The summed E-state index contributed by atoms with van der Waals surface area (Å²) in [6, 6.07) is 35.1. The van der Waals surface area contributed by atoms with Crippen molar-refractivity contribution in [2.75, 3.05) is 189 Å². The van der Waals surface area contributed by atoms with Gasteiger partial charge in [0.15, 0.2) is 0 Å². The standard InChI is InChI=1S/C53H78N12O6.C21H42N4O4.C16H19ClN4O/c1-52(2,3)70-50(68)19-26-60-29-31-61(41-48(66)58-24-27-64(37-44-15-7-11-20-54-44)38-45-16-8-12-21-55-45)33-35-63(43-51(69)71-53(4,5)6)36-34-62(32-30-60)42-49(67)59-25-28-65(39-46-17-9-13-22-56-46)40-47-18-10-14-23-57-47;1-20(2,3)28-18(26)7-12-24-13-8-22-10-15-25(16-11-23-9-14-24)17-19(27)29-21(4,5)6;17-11-16(22)20-9-10-21(12-14-5-1-3-7-18-14)13-15-6-2-4-8-19-15/h7-18,20-23H,19,24-43H2,1-6H3,(H,58,66)(H,59,67);22-23H,7-17H2,1-6H3;1-8H,9-13H2,(H,20,22). The predicted molar refractivity (Wildman–Crippen MR) is 475 cm³/mol. The van der Waals surface area contributed by atoms with Crippen molar-refractivity contribution in [1.82, 2.24) is 101 Å². The second-order valence-corrected chi connectivity index (χ2v) is 34.6. The Hall–Kier alpha value is -8.96. The van der Waals surface area contributed by atoms with Crippen LogP contribution in [0.5, 0.6) is 0 Å². The van der Waals surface area contributed by atoms with Gasteiger partial charge in [-0.2, -0.15) is 0 Å². The minimum atomic E-state index is -0.657. The zero-order valence-corrected chi connectivity index (χ0v) is 75.4. The van der Waals surface area contributed by atoms with Crippen molar-refractivity contribution < 1.29 is 52.5 Å². The molecule has 0 radical (unpaired) electrons. The molecule has 0 saturated carbocycles. The third-order valence-electron chi connectivity index (χ3n) is 18.8. The van der Waals surface area contributed by atoms with E-state index in [0.29, 0.717) is 157 Å². The molecule has 0 bridgehead atoms. The Bertz CT molecular complexity index is 3650. The first-order valence-corrected chi connectivity index (χ1v) is 43.3. The van der Waals surface area contributed by atoms with Crippen LogP contribution in [0.4, 0.5) is 0 Å². The minimum absolute atomic E-state index is 0.0134. The highest BCUT2D eigenvalue weighted by molar-refractivity contribution is 6.27.